The van der Waals surface area contributed by atoms with Crippen LogP contribution in [-0.2, 0) is 4.79 Å². The third kappa shape index (κ3) is 11.5. The quantitative estimate of drug-likeness (QED) is 0.208. The van der Waals surface area contributed by atoms with E-state index in [0.717, 1.165) is 24.7 Å². The summed E-state index contributed by atoms with van der Waals surface area (Å²) in [5.74, 6) is 0. The lowest BCUT2D eigenvalue weighted by Gasteiger charge is -1.99. The van der Waals surface area contributed by atoms with Crippen LogP contribution in [0.5, 0.6) is 0 Å². The van der Waals surface area contributed by atoms with Crippen LogP contribution in [0.1, 0.15) is 78.1 Å². The Labute approximate surface area is 107 Å². The Bertz CT molecular complexity index is 234. The van der Waals surface area contributed by atoms with Crippen LogP contribution >= 0.6 is 0 Å². The van der Waals surface area contributed by atoms with Gasteiger partial charge in [-0.15, -0.1) is 5.73 Å². The van der Waals surface area contributed by atoms with Gasteiger partial charge in [0.15, 0.2) is 6.29 Å². The summed E-state index contributed by atoms with van der Waals surface area (Å²) in [7, 11) is 0. The van der Waals surface area contributed by atoms with Crippen LogP contribution in [0.25, 0.3) is 0 Å². The lowest BCUT2D eigenvalue weighted by Crippen LogP contribution is -1.80. The lowest BCUT2D eigenvalue weighted by molar-refractivity contribution is -0.105. The molecule has 1 heteroatoms. The molecule has 0 aliphatic heterocycles. The lowest BCUT2D eigenvalue weighted by atomic mass is 10.1. The highest BCUT2D eigenvalue weighted by molar-refractivity contribution is 5.72. The fourth-order valence-electron chi connectivity index (χ4n) is 1.80. The molecule has 0 fully saturated rings. The molecule has 0 aromatic rings. The molecule has 0 atom stereocenters. The van der Waals surface area contributed by atoms with Crippen LogP contribution in [0, 0.1) is 0 Å². The molecule has 0 aliphatic rings. The largest absolute Gasteiger partial charge is 0.298 e. The zero-order valence-corrected chi connectivity index (χ0v) is 11.6. The van der Waals surface area contributed by atoms with Crippen molar-refractivity contribution < 1.29 is 4.79 Å². The van der Waals surface area contributed by atoms with Crippen molar-refractivity contribution in [3.63, 3.8) is 0 Å². The Hall–Kier alpha value is -0.810. The summed E-state index contributed by atoms with van der Waals surface area (Å²) >= 11 is 0. The Morgan fingerprint density at radius 3 is 2.06 bits per heavy atom. The number of rotatable bonds is 11. The molecule has 0 bridgehead atoms. The summed E-state index contributed by atoms with van der Waals surface area (Å²) in [6, 6.07) is 0. The van der Waals surface area contributed by atoms with Gasteiger partial charge in [0, 0.05) is 5.57 Å². The molecule has 0 saturated carbocycles. The van der Waals surface area contributed by atoms with Crippen molar-refractivity contribution in [2.24, 2.45) is 0 Å². The molecule has 0 N–H and O–H groups in total. The summed E-state index contributed by atoms with van der Waals surface area (Å²) in [5, 5.41) is 0. The second-order valence-corrected chi connectivity index (χ2v) is 4.61. The number of hydrogen-bond donors (Lipinski definition) is 0. The number of aldehydes is 1. The zero-order valence-electron chi connectivity index (χ0n) is 11.6. The van der Waals surface area contributed by atoms with Crippen molar-refractivity contribution >= 4 is 6.29 Å². The van der Waals surface area contributed by atoms with Gasteiger partial charge in [-0.1, -0.05) is 58.8 Å². The van der Waals surface area contributed by atoms with Crippen LogP contribution < -0.4 is 0 Å². The topological polar surface area (TPSA) is 17.1 Å². The van der Waals surface area contributed by atoms with Gasteiger partial charge in [-0.3, -0.25) is 4.79 Å². The second kappa shape index (κ2) is 13.3. The van der Waals surface area contributed by atoms with E-state index in [-0.39, 0.29) is 0 Å². The fourth-order valence-corrected chi connectivity index (χ4v) is 1.80. The first-order valence-corrected chi connectivity index (χ1v) is 7.24. The van der Waals surface area contributed by atoms with Crippen LogP contribution in [0.3, 0.4) is 0 Å². The van der Waals surface area contributed by atoms with E-state index in [1.165, 1.54) is 51.4 Å². The van der Waals surface area contributed by atoms with Crippen molar-refractivity contribution in [1.29, 1.82) is 0 Å². The van der Waals surface area contributed by atoms with Gasteiger partial charge in [0.25, 0.3) is 0 Å². The van der Waals surface area contributed by atoms with Crippen molar-refractivity contribution in [2.45, 2.75) is 78.1 Å². The predicted octanol–water partition coefficient (Wildman–Crippen LogP) is 5.21. The van der Waals surface area contributed by atoms with Gasteiger partial charge in [-0.2, -0.15) is 0 Å². The molecule has 0 aromatic carbocycles. The smallest absolute Gasteiger partial charge is 0.153 e. The van der Waals surface area contributed by atoms with E-state index in [4.69, 9.17) is 0 Å². The molecule has 0 unspecified atom stereocenters. The highest BCUT2D eigenvalue weighted by Crippen LogP contribution is 2.09. The van der Waals surface area contributed by atoms with Crippen molar-refractivity contribution in [2.75, 3.05) is 0 Å². The van der Waals surface area contributed by atoms with E-state index < -0.39 is 0 Å². The molecule has 0 radical (unpaired) electrons. The van der Waals surface area contributed by atoms with Crippen LogP contribution in [0.2, 0.25) is 0 Å². The molecule has 0 aromatic heterocycles. The number of allylic oxidation sites excluding steroid dienone is 1. The normalized spacial score (nSPS) is 9.76. The molecular weight excluding hydrogens is 208 g/mol. The number of hydrogen-bond acceptors (Lipinski definition) is 1. The minimum absolute atomic E-state index is 0.782. The van der Waals surface area contributed by atoms with E-state index in [2.05, 4.69) is 12.7 Å². The molecule has 0 saturated heterocycles. The van der Waals surface area contributed by atoms with Crippen molar-refractivity contribution in [3.05, 3.63) is 17.4 Å². The first-order valence-electron chi connectivity index (χ1n) is 7.24. The molecule has 0 aliphatic carbocycles. The van der Waals surface area contributed by atoms with Crippen LogP contribution in [0.15, 0.2) is 17.4 Å². The molecule has 1 nitrogen and oxygen atoms in total. The molecule has 0 spiro atoms. The molecule has 0 amide bonds. The molecule has 0 heterocycles. The monoisotopic (exact) mass is 236 g/mol. The third-order valence-electron chi connectivity index (χ3n) is 3.01. The average molecular weight is 236 g/mol. The molecular formula is C16H28O. The zero-order chi connectivity index (χ0) is 12.8. The summed E-state index contributed by atoms with van der Waals surface area (Å²) in [6.45, 7) is 4.24. The Balaban J connectivity index is 3.34. The standard InChI is InChI=1S/C16H28O/c1-3-5-6-7-8-9-10-11-12-13-14-16(4-2)15-17/h13,15H,3-12H2,1-2H3. The van der Waals surface area contributed by atoms with Gasteiger partial charge in [0.05, 0.1) is 0 Å². The Morgan fingerprint density at radius 2 is 1.53 bits per heavy atom. The van der Waals surface area contributed by atoms with Crippen molar-refractivity contribution in [3.8, 4) is 0 Å². The summed E-state index contributed by atoms with van der Waals surface area (Å²) in [6.07, 6.45) is 15.6. The molecule has 0 rings (SSSR count). The highest BCUT2D eigenvalue weighted by atomic mass is 16.1. The van der Waals surface area contributed by atoms with Gasteiger partial charge in [0.2, 0.25) is 0 Å². The minimum Gasteiger partial charge on any atom is -0.298 e. The Kier molecular flexibility index (Phi) is 12.6. The van der Waals surface area contributed by atoms with Gasteiger partial charge in [-0.05, 0) is 25.3 Å². The van der Waals surface area contributed by atoms with Crippen LogP contribution in [-0.4, -0.2) is 6.29 Å². The van der Waals surface area contributed by atoms with E-state index in [1.54, 1.807) is 0 Å². The summed E-state index contributed by atoms with van der Waals surface area (Å²) in [4.78, 5) is 10.5. The first-order chi connectivity index (χ1) is 8.35. The number of carbonyl (C=O) groups is 1. The average Bonchev–Trinajstić information content (AvgIpc) is 2.36. The predicted molar refractivity (Wildman–Crippen MR) is 75.2 cm³/mol. The number of carbonyl (C=O) groups excluding carboxylic acids is 1. The van der Waals surface area contributed by atoms with E-state index in [1.807, 2.05) is 13.0 Å². The maximum atomic E-state index is 10.5. The third-order valence-corrected chi connectivity index (χ3v) is 3.01. The van der Waals surface area contributed by atoms with Gasteiger partial charge in [-0.25, -0.2) is 0 Å². The Morgan fingerprint density at radius 1 is 0.941 bits per heavy atom. The maximum absolute atomic E-state index is 10.5. The van der Waals surface area contributed by atoms with Crippen LogP contribution in [0.4, 0.5) is 0 Å². The minimum atomic E-state index is 0.782. The number of unbranched alkanes of at least 4 members (excludes halogenated alkanes) is 8. The van der Waals surface area contributed by atoms with E-state index in [0.29, 0.717) is 0 Å². The van der Waals surface area contributed by atoms with Crippen molar-refractivity contribution in [1.82, 2.24) is 0 Å². The summed E-state index contributed by atoms with van der Waals surface area (Å²) in [5.41, 5.74) is 3.84. The summed E-state index contributed by atoms with van der Waals surface area (Å²) < 4.78 is 0. The molecule has 17 heavy (non-hydrogen) atoms. The first kappa shape index (κ1) is 16.2. The van der Waals surface area contributed by atoms with Gasteiger partial charge in [0.1, 0.15) is 0 Å². The van der Waals surface area contributed by atoms with E-state index in [9.17, 15) is 4.79 Å². The molecule has 98 valence electrons. The second-order valence-electron chi connectivity index (χ2n) is 4.61. The highest BCUT2D eigenvalue weighted by Gasteiger charge is 1.90. The fraction of sp³-hybridized carbons (Fsp3) is 0.750. The van der Waals surface area contributed by atoms with Gasteiger partial charge < -0.3 is 0 Å². The van der Waals surface area contributed by atoms with E-state index >= 15 is 0 Å². The van der Waals surface area contributed by atoms with Gasteiger partial charge >= 0.3 is 0 Å². The SMILES string of the molecule is CCCCCCCCCCC=C=C(C=O)CC. The maximum Gasteiger partial charge on any atom is 0.153 e.